The predicted molar refractivity (Wildman–Crippen MR) is 107 cm³/mol. The van der Waals surface area contributed by atoms with Crippen molar-refractivity contribution in [3.8, 4) is 0 Å². The van der Waals surface area contributed by atoms with E-state index in [0.29, 0.717) is 44.7 Å². The summed E-state index contributed by atoms with van der Waals surface area (Å²) in [6, 6.07) is 4.39. The molecule has 1 fully saturated rings. The number of anilines is 1. The second kappa shape index (κ2) is 9.03. The fraction of sp³-hybridized carbons (Fsp3) is 0.550. The number of nitrogens with zero attached hydrogens (tertiary/aromatic N) is 3. The van der Waals surface area contributed by atoms with E-state index in [0.717, 1.165) is 0 Å². The van der Waals surface area contributed by atoms with Crippen molar-refractivity contribution in [1.82, 2.24) is 19.8 Å². The van der Waals surface area contributed by atoms with Gasteiger partial charge in [0.1, 0.15) is 0 Å². The van der Waals surface area contributed by atoms with E-state index in [1.165, 1.54) is 18.2 Å². The van der Waals surface area contributed by atoms with Crippen molar-refractivity contribution in [2.75, 3.05) is 38.0 Å². The fourth-order valence-electron chi connectivity index (χ4n) is 3.76. The van der Waals surface area contributed by atoms with E-state index in [2.05, 4.69) is 15.3 Å². The van der Waals surface area contributed by atoms with Gasteiger partial charge < -0.3 is 15.2 Å². The minimum absolute atomic E-state index is 0.00479. The van der Waals surface area contributed by atoms with E-state index >= 15 is 0 Å². The molecule has 2 amide bonds. The van der Waals surface area contributed by atoms with Crippen LogP contribution in [0.25, 0.3) is 11.0 Å². The first-order chi connectivity index (χ1) is 14.2. The lowest BCUT2D eigenvalue weighted by Gasteiger charge is -2.33. The van der Waals surface area contributed by atoms with E-state index in [1.54, 1.807) is 0 Å². The number of amides is 2. The molecular weight excluding hydrogens is 399 g/mol. The summed E-state index contributed by atoms with van der Waals surface area (Å²) in [7, 11) is 0. The minimum Gasteiger partial charge on any atom is -0.343 e. The van der Waals surface area contributed by atoms with Gasteiger partial charge in [-0.25, -0.2) is 4.98 Å². The third-order valence-corrected chi connectivity index (χ3v) is 5.41. The normalized spacial score (nSPS) is 16.0. The Kier molecular flexibility index (Phi) is 6.64. The van der Waals surface area contributed by atoms with E-state index in [4.69, 9.17) is 0 Å². The molecule has 1 aromatic carbocycles. The maximum atomic E-state index is 12.8. The first-order valence-electron chi connectivity index (χ1n) is 10.1. The van der Waals surface area contributed by atoms with Crippen LogP contribution < -0.4 is 5.32 Å². The van der Waals surface area contributed by atoms with Crippen molar-refractivity contribution in [3.05, 3.63) is 24.0 Å². The summed E-state index contributed by atoms with van der Waals surface area (Å²) >= 11 is 0. The molecule has 2 aromatic rings. The van der Waals surface area contributed by atoms with Crippen LogP contribution >= 0.6 is 0 Å². The summed E-state index contributed by atoms with van der Waals surface area (Å²) in [5.74, 6) is -1.15. The van der Waals surface area contributed by atoms with Crippen molar-refractivity contribution in [1.29, 1.82) is 0 Å². The predicted octanol–water partition coefficient (Wildman–Crippen LogP) is 3.10. The van der Waals surface area contributed by atoms with Gasteiger partial charge in [-0.1, -0.05) is 0 Å². The molecule has 0 aliphatic carbocycles. The van der Waals surface area contributed by atoms with Crippen LogP contribution in [0.15, 0.2) is 18.2 Å². The summed E-state index contributed by atoms with van der Waals surface area (Å²) in [6.45, 7) is 6.79. The molecule has 10 heteroatoms. The first-order valence-corrected chi connectivity index (χ1v) is 10.1. The molecule has 3 rings (SSSR count). The molecule has 0 saturated carbocycles. The second-order valence-corrected chi connectivity index (χ2v) is 7.42. The highest BCUT2D eigenvalue weighted by Gasteiger charge is 2.34. The Morgan fingerprint density at radius 1 is 1.23 bits per heavy atom. The van der Waals surface area contributed by atoms with E-state index in [1.807, 2.05) is 23.6 Å². The van der Waals surface area contributed by atoms with E-state index in [9.17, 15) is 22.8 Å². The molecule has 1 aliphatic rings. The zero-order valence-corrected chi connectivity index (χ0v) is 17.1. The molecule has 2 N–H and O–H groups in total. The molecule has 0 atom stereocenters. The van der Waals surface area contributed by atoms with Crippen molar-refractivity contribution >= 4 is 28.5 Å². The fourth-order valence-corrected chi connectivity index (χ4v) is 3.76. The zero-order valence-electron chi connectivity index (χ0n) is 17.1. The Balaban J connectivity index is 1.53. The molecule has 0 unspecified atom stereocenters. The van der Waals surface area contributed by atoms with Crippen LogP contribution in [0.3, 0.4) is 0 Å². The molecule has 164 valence electrons. The number of aromatic nitrogens is 2. The molecule has 0 radical (unpaired) electrons. The van der Waals surface area contributed by atoms with Crippen LogP contribution in [-0.4, -0.2) is 64.3 Å². The number of hydrogen-bond acceptors (Lipinski definition) is 4. The number of alkyl halides is 3. The highest BCUT2D eigenvalue weighted by atomic mass is 19.4. The van der Waals surface area contributed by atoms with Crippen molar-refractivity contribution in [2.45, 2.75) is 32.9 Å². The number of carbonyl (C=O) groups excluding carboxylic acids is 2. The Hall–Kier alpha value is -2.62. The van der Waals surface area contributed by atoms with Crippen molar-refractivity contribution in [3.63, 3.8) is 0 Å². The highest BCUT2D eigenvalue weighted by molar-refractivity contribution is 5.94. The van der Waals surface area contributed by atoms with Crippen LogP contribution in [0.5, 0.6) is 0 Å². The first kappa shape index (κ1) is 22.1. The second-order valence-electron chi connectivity index (χ2n) is 7.42. The quantitative estimate of drug-likeness (QED) is 0.745. The van der Waals surface area contributed by atoms with Gasteiger partial charge in [-0.05, 0) is 58.0 Å². The number of likely N-dealkylation sites (tertiary alicyclic amines) is 1. The summed E-state index contributed by atoms with van der Waals surface area (Å²) in [6.07, 6.45) is -3.13. The number of aromatic amines is 1. The number of halogens is 3. The van der Waals surface area contributed by atoms with Gasteiger partial charge in [0.25, 0.3) is 0 Å². The molecule has 1 saturated heterocycles. The Bertz CT molecular complexity index is 899. The zero-order chi connectivity index (χ0) is 21.9. The van der Waals surface area contributed by atoms with Crippen LogP contribution in [0.2, 0.25) is 0 Å². The standard InChI is InChI=1S/C20H26F3N5O2/c1-3-28(4-2)18(30)13-7-9-27(10-8-13)12-17(29)24-14-5-6-15-16(11-14)26-19(25-15)20(21,22)23/h5-6,11,13H,3-4,7-10,12H2,1-2H3,(H,24,29)(H,25,26). The molecule has 0 bridgehead atoms. The Morgan fingerprint density at radius 2 is 1.90 bits per heavy atom. The third kappa shape index (κ3) is 5.10. The monoisotopic (exact) mass is 425 g/mol. The van der Waals surface area contributed by atoms with E-state index in [-0.39, 0.29) is 35.3 Å². The average Bonchev–Trinajstić information content (AvgIpc) is 3.13. The van der Waals surface area contributed by atoms with Gasteiger partial charge in [0.05, 0.1) is 17.6 Å². The van der Waals surface area contributed by atoms with Crippen LogP contribution in [0.4, 0.5) is 18.9 Å². The number of nitrogens with one attached hydrogen (secondary N) is 2. The SMILES string of the molecule is CCN(CC)C(=O)C1CCN(CC(=O)Nc2ccc3nc(C(F)(F)F)[nH]c3c2)CC1. The number of rotatable bonds is 6. The lowest BCUT2D eigenvalue weighted by atomic mass is 9.95. The van der Waals surface area contributed by atoms with Gasteiger partial charge >= 0.3 is 6.18 Å². The Labute approximate surface area is 172 Å². The number of benzene rings is 1. The van der Waals surface area contributed by atoms with Gasteiger partial charge in [-0.3, -0.25) is 14.5 Å². The van der Waals surface area contributed by atoms with Crippen LogP contribution in [0, 0.1) is 5.92 Å². The summed E-state index contributed by atoms with van der Waals surface area (Å²) in [5.41, 5.74) is 0.785. The molecule has 1 aromatic heterocycles. The lowest BCUT2D eigenvalue weighted by molar-refractivity contribution is -0.144. The number of fused-ring (bicyclic) bond motifs is 1. The lowest BCUT2D eigenvalue weighted by Crippen LogP contribution is -2.44. The van der Waals surface area contributed by atoms with Crippen molar-refractivity contribution in [2.24, 2.45) is 5.92 Å². The number of carbonyl (C=O) groups is 2. The topological polar surface area (TPSA) is 81.3 Å². The maximum Gasteiger partial charge on any atom is 0.449 e. The van der Waals surface area contributed by atoms with Gasteiger partial charge in [-0.15, -0.1) is 0 Å². The van der Waals surface area contributed by atoms with Crippen LogP contribution in [-0.2, 0) is 15.8 Å². The van der Waals surface area contributed by atoms with Crippen LogP contribution in [0.1, 0.15) is 32.5 Å². The number of imidazole rings is 1. The number of piperidine rings is 1. The molecule has 30 heavy (non-hydrogen) atoms. The summed E-state index contributed by atoms with van der Waals surface area (Å²) in [5, 5.41) is 2.72. The molecule has 1 aliphatic heterocycles. The van der Waals surface area contributed by atoms with E-state index < -0.39 is 12.0 Å². The Morgan fingerprint density at radius 3 is 2.50 bits per heavy atom. The number of H-pyrrole nitrogens is 1. The summed E-state index contributed by atoms with van der Waals surface area (Å²) < 4.78 is 38.3. The average molecular weight is 425 g/mol. The van der Waals surface area contributed by atoms with Gasteiger partial charge in [-0.2, -0.15) is 13.2 Å². The van der Waals surface area contributed by atoms with Gasteiger partial charge in [0.15, 0.2) is 0 Å². The van der Waals surface area contributed by atoms with Gasteiger partial charge in [0.2, 0.25) is 17.6 Å². The minimum atomic E-state index is -4.55. The summed E-state index contributed by atoms with van der Waals surface area (Å²) in [4.78, 5) is 34.4. The molecule has 0 spiro atoms. The molecule has 7 nitrogen and oxygen atoms in total. The third-order valence-electron chi connectivity index (χ3n) is 5.41. The largest absolute Gasteiger partial charge is 0.449 e. The highest BCUT2D eigenvalue weighted by Crippen LogP contribution is 2.29. The smallest absolute Gasteiger partial charge is 0.343 e. The molecular formula is C20H26F3N5O2. The van der Waals surface area contributed by atoms with Gasteiger partial charge in [0, 0.05) is 24.7 Å². The number of hydrogen-bond donors (Lipinski definition) is 2. The maximum absolute atomic E-state index is 12.8. The van der Waals surface area contributed by atoms with Crippen molar-refractivity contribution < 1.29 is 22.8 Å². The molecule has 2 heterocycles.